The molecule has 1 aromatic carbocycles. The fourth-order valence-corrected chi connectivity index (χ4v) is 2.64. The van der Waals surface area contributed by atoms with E-state index in [2.05, 4.69) is 4.98 Å². The number of hydrogen-bond acceptors (Lipinski definition) is 3. The SMILES string of the molecule is CSc1ccc(CN(C)C(=O)c2ccc(C(F)(F)F)nc2C)cc1. The fourth-order valence-electron chi connectivity index (χ4n) is 2.23. The van der Waals surface area contributed by atoms with Crippen molar-refractivity contribution in [1.29, 1.82) is 0 Å². The highest BCUT2D eigenvalue weighted by Crippen LogP contribution is 2.28. The summed E-state index contributed by atoms with van der Waals surface area (Å²) in [6, 6.07) is 9.79. The zero-order valence-corrected chi connectivity index (χ0v) is 14.3. The van der Waals surface area contributed by atoms with Gasteiger partial charge in [0.1, 0.15) is 5.69 Å². The highest BCUT2D eigenvalue weighted by molar-refractivity contribution is 7.98. The fraction of sp³-hybridized carbons (Fsp3) is 0.294. The van der Waals surface area contributed by atoms with Gasteiger partial charge >= 0.3 is 6.18 Å². The maximum Gasteiger partial charge on any atom is 0.433 e. The summed E-state index contributed by atoms with van der Waals surface area (Å²) in [6.45, 7) is 1.78. The number of pyridine rings is 1. The summed E-state index contributed by atoms with van der Waals surface area (Å²) in [6.07, 6.45) is -2.54. The number of halogens is 3. The lowest BCUT2D eigenvalue weighted by Crippen LogP contribution is -2.27. The minimum absolute atomic E-state index is 0.0689. The Morgan fingerprint density at radius 1 is 1.17 bits per heavy atom. The Kier molecular flexibility index (Phi) is 5.54. The van der Waals surface area contributed by atoms with E-state index in [1.54, 1.807) is 18.8 Å². The summed E-state index contributed by atoms with van der Waals surface area (Å²) < 4.78 is 37.9. The van der Waals surface area contributed by atoms with E-state index in [1.165, 1.54) is 17.9 Å². The van der Waals surface area contributed by atoms with Gasteiger partial charge in [0, 0.05) is 18.5 Å². The van der Waals surface area contributed by atoms with Crippen molar-refractivity contribution in [3.63, 3.8) is 0 Å². The second-order valence-electron chi connectivity index (χ2n) is 5.34. The number of aromatic nitrogens is 1. The molecule has 0 atom stereocenters. The van der Waals surface area contributed by atoms with Crippen LogP contribution in [0.4, 0.5) is 13.2 Å². The molecule has 0 spiro atoms. The molecule has 0 aliphatic rings. The molecule has 1 amide bonds. The minimum atomic E-state index is -4.52. The van der Waals surface area contributed by atoms with Gasteiger partial charge in [0.15, 0.2) is 0 Å². The maximum absolute atomic E-state index is 12.6. The number of hydrogen-bond donors (Lipinski definition) is 0. The first-order chi connectivity index (χ1) is 11.2. The van der Waals surface area contributed by atoms with Gasteiger partial charge in [0.25, 0.3) is 5.91 Å². The Morgan fingerprint density at radius 2 is 1.79 bits per heavy atom. The summed E-state index contributed by atoms with van der Waals surface area (Å²) >= 11 is 1.62. The molecule has 2 aromatic rings. The van der Waals surface area contributed by atoms with Crippen molar-refractivity contribution in [1.82, 2.24) is 9.88 Å². The van der Waals surface area contributed by atoms with Crippen LogP contribution in [0.5, 0.6) is 0 Å². The molecule has 0 fully saturated rings. The third kappa shape index (κ3) is 4.29. The van der Waals surface area contributed by atoms with Gasteiger partial charge in [0.05, 0.1) is 11.3 Å². The lowest BCUT2D eigenvalue weighted by Gasteiger charge is -2.19. The van der Waals surface area contributed by atoms with E-state index >= 15 is 0 Å². The molecule has 0 N–H and O–H groups in total. The van der Waals surface area contributed by atoms with Crippen LogP contribution in [0.15, 0.2) is 41.3 Å². The number of benzene rings is 1. The molecule has 0 bridgehead atoms. The molecule has 1 aromatic heterocycles. The van der Waals surface area contributed by atoms with Crippen LogP contribution >= 0.6 is 11.8 Å². The second kappa shape index (κ2) is 7.25. The lowest BCUT2D eigenvalue weighted by molar-refractivity contribution is -0.141. The highest BCUT2D eigenvalue weighted by atomic mass is 32.2. The Hall–Kier alpha value is -2.02. The number of carbonyl (C=O) groups excluding carboxylic acids is 1. The van der Waals surface area contributed by atoms with E-state index < -0.39 is 11.9 Å². The van der Waals surface area contributed by atoms with Gasteiger partial charge in [-0.2, -0.15) is 13.2 Å². The smallest absolute Gasteiger partial charge is 0.337 e. The van der Waals surface area contributed by atoms with E-state index in [0.29, 0.717) is 6.54 Å². The van der Waals surface area contributed by atoms with Crippen LogP contribution in [0.1, 0.15) is 27.3 Å². The zero-order valence-electron chi connectivity index (χ0n) is 13.5. The molecule has 7 heteroatoms. The van der Waals surface area contributed by atoms with Crippen molar-refractivity contribution in [2.75, 3.05) is 13.3 Å². The van der Waals surface area contributed by atoms with Gasteiger partial charge in [0.2, 0.25) is 0 Å². The largest absolute Gasteiger partial charge is 0.433 e. The Balaban J connectivity index is 2.15. The van der Waals surface area contributed by atoms with Crippen molar-refractivity contribution in [3.8, 4) is 0 Å². The highest BCUT2D eigenvalue weighted by Gasteiger charge is 2.33. The average molecular weight is 354 g/mol. The number of thioether (sulfide) groups is 1. The van der Waals surface area contributed by atoms with Crippen molar-refractivity contribution < 1.29 is 18.0 Å². The van der Waals surface area contributed by atoms with E-state index in [0.717, 1.165) is 16.5 Å². The van der Waals surface area contributed by atoms with Gasteiger partial charge < -0.3 is 4.90 Å². The van der Waals surface area contributed by atoms with E-state index in [4.69, 9.17) is 0 Å². The number of rotatable bonds is 4. The average Bonchev–Trinajstić information content (AvgIpc) is 2.54. The van der Waals surface area contributed by atoms with Crippen LogP contribution in [0.3, 0.4) is 0 Å². The standard InChI is InChI=1S/C17H17F3N2OS/c1-11-14(8-9-15(21-11)17(18,19)20)16(23)22(2)10-12-4-6-13(24-3)7-5-12/h4-9H,10H2,1-3H3. The molecule has 24 heavy (non-hydrogen) atoms. The first kappa shape index (κ1) is 18.3. The van der Waals surface area contributed by atoms with Gasteiger partial charge in [-0.3, -0.25) is 4.79 Å². The molecule has 0 aliphatic heterocycles. The van der Waals surface area contributed by atoms with E-state index in [-0.39, 0.29) is 17.2 Å². The van der Waals surface area contributed by atoms with Crippen LogP contribution in [-0.4, -0.2) is 29.1 Å². The van der Waals surface area contributed by atoms with Crippen molar-refractivity contribution in [2.24, 2.45) is 0 Å². The monoisotopic (exact) mass is 354 g/mol. The van der Waals surface area contributed by atoms with Gasteiger partial charge in [-0.15, -0.1) is 11.8 Å². The van der Waals surface area contributed by atoms with Crippen LogP contribution in [0.25, 0.3) is 0 Å². The molecule has 1 heterocycles. The summed E-state index contributed by atoms with van der Waals surface area (Å²) in [5, 5.41) is 0. The molecule has 3 nitrogen and oxygen atoms in total. The maximum atomic E-state index is 12.6. The Labute approximate surface area is 142 Å². The van der Waals surface area contributed by atoms with Gasteiger partial charge in [-0.25, -0.2) is 4.98 Å². The van der Waals surface area contributed by atoms with Crippen LogP contribution < -0.4 is 0 Å². The molecule has 0 saturated carbocycles. The number of aryl methyl sites for hydroxylation is 1. The Morgan fingerprint density at radius 3 is 2.29 bits per heavy atom. The molecular weight excluding hydrogens is 337 g/mol. The molecule has 128 valence electrons. The lowest BCUT2D eigenvalue weighted by atomic mass is 10.1. The van der Waals surface area contributed by atoms with Gasteiger partial charge in [-0.05, 0) is 43.0 Å². The summed E-state index contributed by atoms with van der Waals surface area (Å²) in [5.74, 6) is -0.359. The number of alkyl halides is 3. The third-order valence-electron chi connectivity index (χ3n) is 3.53. The molecular formula is C17H17F3N2OS. The first-order valence-corrected chi connectivity index (χ1v) is 8.38. The quantitative estimate of drug-likeness (QED) is 0.763. The molecule has 0 saturated heterocycles. The normalized spacial score (nSPS) is 11.4. The van der Waals surface area contributed by atoms with E-state index in [9.17, 15) is 18.0 Å². The van der Waals surface area contributed by atoms with Gasteiger partial charge in [-0.1, -0.05) is 12.1 Å². The second-order valence-corrected chi connectivity index (χ2v) is 6.22. The van der Waals surface area contributed by atoms with Crippen molar-refractivity contribution >= 4 is 17.7 Å². The van der Waals surface area contributed by atoms with Crippen molar-refractivity contribution in [3.05, 3.63) is 58.9 Å². The number of amides is 1. The predicted octanol–water partition coefficient (Wildman–Crippen LogP) is 4.40. The first-order valence-electron chi connectivity index (χ1n) is 7.15. The van der Waals surface area contributed by atoms with Crippen LogP contribution in [0, 0.1) is 6.92 Å². The molecule has 0 unspecified atom stereocenters. The number of carbonyl (C=O) groups is 1. The van der Waals surface area contributed by atoms with Crippen LogP contribution in [0.2, 0.25) is 0 Å². The van der Waals surface area contributed by atoms with E-state index in [1.807, 2.05) is 30.5 Å². The minimum Gasteiger partial charge on any atom is -0.337 e. The topological polar surface area (TPSA) is 33.2 Å². The predicted molar refractivity (Wildman–Crippen MR) is 88.0 cm³/mol. The third-order valence-corrected chi connectivity index (χ3v) is 4.28. The molecule has 0 radical (unpaired) electrons. The number of nitrogens with zero attached hydrogens (tertiary/aromatic N) is 2. The van der Waals surface area contributed by atoms with Crippen molar-refractivity contribution in [2.45, 2.75) is 24.5 Å². The molecule has 0 aliphatic carbocycles. The summed E-state index contributed by atoms with van der Waals surface area (Å²) in [4.78, 5) is 18.5. The van der Waals surface area contributed by atoms with Crippen LogP contribution in [-0.2, 0) is 12.7 Å². The Bertz CT molecular complexity index is 730. The zero-order chi connectivity index (χ0) is 17.9. The summed E-state index contributed by atoms with van der Waals surface area (Å²) in [7, 11) is 1.61. The summed E-state index contributed by atoms with van der Waals surface area (Å²) in [5.41, 5.74) is 0.193. The molecule has 2 rings (SSSR count).